The maximum atomic E-state index is 12.2. The van der Waals surface area contributed by atoms with Gasteiger partial charge in [-0.25, -0.2) is 0 Å². The number of thioether (sulfide) groups is 1. The molecule has 1 N–H and O–H groups in total. The summed E-state index contributed by atoms with van der Waals surface area (Å²) in [6.45, 7) is 1.86. The first-order valence-corrected chi connectivity index (χ1v) is 8.03. The van der Waals surface area contributed by atoms with Crippen LogP contribution in [0, 0.1) is 11.3 Å². The molecule has 2 aromatic rings. The van der Waals surface area contributed by atoms with Gasteiger partial charge in [0.15, 0.2) is 0 Å². The van der Waals surface area contributed by atoms with Gasteiger partial charge in [0.1, 0.15) is 0 Å². The second kappa shape index (κ2) is 7.88. The topological polar surface area (TPSA) is 52.9 Å². The Morgan fingerprint density at radius 1 is 1.23 bits per heavy atom. The van der Waals surface area contributed by atoms with E-state index in [0.717, 1.165) is 16.1 Å². The van der Waals surface area contributed by atoms with Gasteiger partial charge in [0.05, 0.1) is 17.7 Å². The number of nitrogens with one attached hydrogen (secondary N) is 1. The molecule has 0 saturated heterocycles. The molecule has 2 aromatic carbocycles. The minimum atomic E-state index is -0.222. The maximum Gasteiger partial charge on any atom is 0.237 e. The molecule has 0 aliphatic carbocycles. The number of carbonyl (C=O) groups is 1. The van der Waals surface area contributed by atoms with Crippen LogP contribution in [0.15, 0.2) is 53.4 Å². The fourth-order valence-corrected chi connectivity index (χ4v) is 2.81. The summed E-state index contributed by atoms with van der Waals surface area (Å²) >= 11 is 7.32. The van der Waals surface area contributed by atoms with Crippen LogP contribution >= 0.6 is 23.4 Å². The lowest BCUT2D eigenvalue weighted by atomic mass is 10.1. The lowest BCUT2D eigenvalue weighted by Gasteiger charge is -2.12. The minimum Gasteiger partial charge on any atom is -0.325 e. The Hall–Kier alpha value is -1.96. The van der Waals surface area contributed by atoms with Crippen LogP contribution in [0.2, 0.25) is 5.02 Å². The Morgan fingerprint density at radius 2 is 1.86 bits per heavy atom. The Labute approximate surface area is 139 Å². The predicted molar refractivity (Wildman–Crippen MR) is 91.2 cm³/mol. The summed E-state index contributed by atoms with van der Waals surface area (Å²) in [4.78, 5) is 13.2. The number of halogens is 1. The highest BCUT2D eigenvalue weighted by atomic mass is 35.5. The number of hydrogen-bond donors (Lipinski definition) is 1. The quantitative estimate of drug-likeness (QED) is 0.820. The number of amides is 1. The highest BCUT2D eigenvalue weighted by Gasteiger charge is 2.14. The van der Waals surface area contributed by atoms with Crippen molar-refractivity contribution in [3.8, 4) is 6.07 Å². The van der Waals surface area contributed by atoms with E-state index in [0.29, 0.717) is 11.4 Å². The molecular formula is C17H15ClN2OS. The minimum absolute atomic E-state index is 0.0621. The van der Waals surface area contributed by atoms with E-state index in [1.165, 1.54) is 11.8 Å². The van der Waals surface area contributed by atoms with Crippen molar-refractivity contribution in [2.24, 2.45) is 0 Å². The SMILES string of the molecule is C[C@H](Sc1ccc(Cl)cc1)C(=O)Nc1ccc(CC#N)cc1. The van der Waals surface area contributed by atoms with Gasteiger partial charge in [-0.2, -0.15) is 5.26 Å². The standard InChI is InChI=1S/C17H15ClN2OS/c1-12(22-16-8-4-14(18)5-9-16)17(21)20-15-6-2-13(3-7-15)10-11-19/h2-9,12H,10H2,1H3,(H,20,21)/t12-/m0/s1. The van der Waals surface area contributed by atoms with Crippen LogP contribution in [0.4, 0.5) is 5.69 Å². The van der Waals surface area contributed by atoms with Crippen LogP contribution in [0.25, 0.3) is 0 Å². The van der Waals surface area contributed by atoms with Crippen molar-refractivity contribution in [1.29, 1.82) is 5.26 Å². The van der Waals surface area contributed by atoms with Crippen molar-refractivity contribution >= 4 is 35.0 Å². The van der Waals surface area contributed by atoms with E-state index in [-0.39, 0.29) is 11.2 Å². The molecule has 112 valence electrons. The van der Waals surface area contributed by atoms with Crippen molar-refractivity contribution in [3.63, 3.8) is 0 Å². The van der Waals surface area contributed by atoms with Crippen molar-refractivity contribution in [2.45, 2.75) is 23.5 Å². The largest absolute Gasteiger partial charge is 0.325 e. The molecule has 5 heteroatoms. The second-order valence-corrected chi connectivity index (χ2v) is 6.59. The monoisotopic (exact) mass is 330 g/mol. The number of rotatable bonds is 5. The van der Waals surface area contributed by atoms with Gasteiger partial charge in [-0.05, 0) is 48.9 Å². The van der Waals surface area contributed by atoms with E-state index in [1.807, 2.05) is 55.5 Å². The average Bonchev–Trinajstić information content (AvgIpc) is 2.51. The number of carbonyl (C=O) groups excluding carboxylic acids is 1. The van der Waals surface area contributed by atoms with Gasteiger partial charge >= 0.3 is 0 Å². The molecule has 0 saturated carbocycles. The van der Waals surface area contributed by atoms with E-state index in [1.54, 1.807) is 0 Å². The molecule has 2 rings (SSSR count). The van der Waals surface area contributed by atoms with Crippen LogP contribution in [0.3, 0.4) is 0 Å². The van der Waals surface area contributed by atoms with Gasteiger partial charge in [-0.15, -0.1) is 11.8 Å². The van der Waals surface area contributed by atoms with Crippen LogP contribution in [0.5, 0.6) is 0 Å². The Morgan fingerprint density at radius 3 is 2.45 bits per heavy atom. The highest BCUT2D eigenvalue weighted by molar-refractivity contribution is 8.00. The molecule has 1 amide bonds. The molecule has 0 bridgehead atoms. The molecule has 0 unspecified atom stereocenters. The molecular weight excluding hydrogens is 316 g/mol. The smallest absolute Gasteiger partial charge is 0.237 e. The molecule has 3 nitrogen and oxygen atoms in total. The molecule has 0 aliphatic rings. The van der Waals surface area contributed by atoms with Gasteiger partial charge in [0.25, 0.3) is 0 Å². The average molecular weight is 331 g/mol. The Kier molecular flexibility index (Phi) is 5.88. The number of hydrogen-bond acceptors (Lipinski definition) is 3. The van der Waals surface area contributed by atoms with E-state index < -0.39 is 0 Å². The molecule has 0 fully saturated rings. The molecule has 0 heterocycles. The van der Waals surface area contributed by atoms with Gasteiger partial charge in [-0.3, -0.25) is 4.79 Å². The third kappa shape index (κ3) is 4.80. The zero-order chi connectivity index (χ0) is 15.9. The summed E-state index contributed by atoms with van der Waals surface area (Å²) in [6.07, 6.45) is 0.372. The van der Waals surface area contributed by atoms with E-state index >= 15 is 0 Å². The van der Waals surface area contributed by atoms with Gasteiger partial charge in [0.2, 0.25) is 5.91 Å². The van der Waals surface area contributed by atoms with Crippen molar-refractivity contribution in [1.82, 2.24) is 0 Å². The molecule has 1 atom stereocenters. The van der Waals surface area contributed by atoms with Crippen molar-refractivity contribution in [3.05, 3.63) is 59.1 Å². The van der Waals surface area contributed by atoms with Crippen molar-refractivity contribution in [2.75, 3.05) is 5.32 Å². The van der Waals surface area contributed by atoms with E-state index in [4.69, 9.17) is 16.9 Å². The third-order valence-corrected chi connectivity index (χ3v) is 4.36. The number of nitriles is 1. The molecule has 0 spiro atoms. The second-order valence-electron chi connectivity index (χ2n) is 4.74. The summed E-state index contributed by atoms with van der Waals surface area (Å²) < 4.78 is 0. The maximum absolute atomic E-state index is 12.2. The van der Waals surface area contributed by atoms with E-state index in [2.05, 4.69) is 11.4 Å². The van der Waals surface area contributed by atoms with Gasteiger partial charge in [-0.1, -0.05) is 23.7 Å². The normalized spacial score (nSPS) is 11.5. The predicted octanol–water partition coefficient (Wildman–Crippen LogP) is 4.53. The Balaban J connectivity index is 1.93. The van der Waals surface area contributed by atoms with Crippen molar-refractivity contribution < 1.29 is 4.79 Å². The highest BCUT2D eigenvalue weighted by Crippen LogP contribution is 2.25. The summed E-state index contributed by atoms with van der Waals surface area (Å²) in [5.74, 6) is -0.0621. The zero-order valence-electron chi connectivity index (χ0n) is 12.0. The van der Waals surface area contributed by atoms with Gasteiger partial charge < -0.3 is 5.32 Å². The summed E-state index contributed by atoms with van der Waals surface area (Å²) in [5, 5.41) is 12.0. The van der Waals surface area contributed by atoms with Crippen LogP contribution in [-0.2, 0) is 11.2 Å². The Bertz CT molecular complexity index is 677. The van der Waals surface area contributed by atoms with E-state index in [9.17, 15) is 4.79 Å². The zero-order valence-corrected chi connectivity index (χ0v) is 13.6. The molecule has 0 aliphatic heterocycles. The summed E-state index contributed by atoms with van der Waals surface area (Å²) in [7, 11) is 0. The first-order chi connectivity index (χ1) is 10.6. The first kappa shape index (κ1) is 16.4. The number of nitrogens with zero attached hydrogens (tertiary/aromatic N) is 1. The van der Waals surface area contributed by atoms with Gasteiger partial charge in [0, 0.05) is 15.6 Å². The lowest BCUT2D eigenvalue weighted by Crippen LogP contribution is -2.22. The third-order valence-electron chi connectivity index (χ3n) is 3.00. The summed E-state index contributed by atoms with van der Waals surface area (Å²) in [5.41, 5.74) is 1.67. The van der Waals surface area contributed by atoms with Crippen LogP contribution in [0.1, 0.15) is 12.5 Å². The first-order valence-electron chi connectivity index (χ1n) is 6.77. The molecule has 0 aromatic heterocycles. The lowest BCUT2D eigenvalue weighted by molar-refractivity contribution is -0.115. The summed E-state index contributed by atoms with van der Waals surface area (Å²) in [6, 6.07) is 16.8. The fraction of sp³-hybridized carbons (Fsp3) is 0.176. The molecule has 0 radical (unpaired) electrons. The fourth-order valence-electron chi connectivity index (χ4n) is 1.81. The van der Waals surface area contributed by atoms with Crippen LogP contribution in [-0.4, -0.2) is 11.2 Å². The number of benzene rings is 2. The van der Waals surface area contributed by atoms with Crippen LogP contribution < -0.4 is 5.32 Å². The number of anilines is 1. The molecule has 22 heavy (non-hydrogen) atoms.